The third-order valence-corrected chi connectivity index (χ3v) is 1.48. The smallest absolute Gasteiger partial charge is 0.308 e. The normalized spacial score (nSPS) is 11.4. The second-order valence-electron chi connectivity index (χ2n) is 2.72. The highest BCUT2D eigenvalue weighted by Gasteiger charge is 2.10. The maximum Gasteiger partial charge on any atom is 0.308 e. The number of ether oxygens (including phenoxy) is 1. The van der Waals surface area contributed by atoms with Gasteiger partial charge in [-0.15, -0.1) is 5.92 Å². The molecule has 1 atom stereocenters. The van der Waals surface area contributed by atoms with Crippen LogP contribution in [0.1, 0.15) is 20.3 Å². The molecule has 0 aromatic carbocycles. The zero-order valence-electron chi connectivity index (χ0n) is 8.67. The lowest BCUT2D eigenvalue weighted by Gasteiger charge is -2.09. The van der Waals surface area contributed by atoms with Crippen molar-refractivity contribution in [3.05, 3.63) is 0 Å². The molecule has 0 aromatic heterocycles. The van der Waals surface area contributed by atoms with Crippen molar-refractivity contribution >= 4 is 5.97 Å². The van der Waals surface area contributed by atoms with Gasteiger partial charge in [0.1, 0.15) is 0 Å². The van der Waals surface area contributed by atoms with E-state index in [0.29, 0.717) is 19.7 Å². The number of aliphatic hydroxyl groups is 1. The SMILES string of the molecule is CC#CCNCC(O)CC(=O)OCC. The summed E-state index contributed by atoms with van der Waals surface area (Å²) in [6.45, 7) is 4.71. The quantitative estimate of drug-likeness (QED) is 0.357. The van der Waals surface area contributed by atoms with E-state index in [9.17, 15) is 9.90 Å². The van der Waals surface area contributed by atoms with Crippen LogP contribution in [0.5, 0.6) is 0 Å². The van der Waals surface area contributed by atoms with Crippen LogP contribution >= 0.6 is 0 Å². The molecule has 0 amide bonds. The largest absolute Gasteiger partial charge is 0.466 e. The Bertz CT molecular complexity index is 217. The lowest BCUT2D eigenvalue weighted by atomic mass is 10.2. The number of aliphatic hydroxyl groups excluding tert-OH is 1. The highest BCUT2D eigenvalue weighted by atomic mass is 16.5. The van der Waals surface area contributed by atoms with Gasteiger partial charge in [0.05, 0.1) is 25.7 Å². The first kappa shape index (κ1) is 12.9. The topological polar surface area (TPSA) is 58.6 Å². The summed E-state index contributed by atoms with van der Waals surface area (Å²) in [4.78, 5) is 10.9. The molecular weight excluding hydrogens is 182 g/mol. The molecule has 14 heavy (non-hydrogen) atoms. The molecule has 0 aromatic rings. The number of nitrogens with one attached hydrogen (secondary N) is 1. The number of rotatable bonds is 6. The van der Waals surface area contributed by atoms with Gasteiger partial charge < -0.3 is 15.2 Å². The highest BCUT2D eigenvalue weighted by molar-refractivity contribution is 5.69. The summed E-state index contributed by atoms with van der Waals surface area (Å²) in [6.07, 6.45) is -0.673. The lowest BCUT2D eigenvalue weighted by molar-refractivity contribution is -0.145. The molecule has 0 spiro atoms. The Balaban J connectivity index is 3.47. The van der Waals surface area contributed by atoms with Gasteiger partial charge in [-0.3, -0.25) is 4.79 Å². The molecule has 0 heterocycles. The van der Waals surface area contributed by atoms with Gasteiger partial charge in [0.2, 0.25) is 0 Å². The standard InChI is InChI=1S/C10H17NO3/c1-3-5-6-11-8-9(12)7-10(13)14-4-2/h9,11-12H,4,6-8H2,1-2H3. The molecule has 0 saturated heterocycles. The molecule has 2 N–H and O–H groups in total. The van der Waals surface area contributed by atoms with Gasteiger partial charge in [0.15, 0.2) is 0 Å². The Morgan fingerprint density at radius 2 is 2.36 bits per heavy atom. The molecule has 0 aliphatic rings. The van der Waals surface area contributed by atoms with Gasteiger partial charge in [-0.2, -0.15) is 0 Å². The maximum absolute atomic E-state index is 10.9. The van der Waals surface area contributed by atoms with Crippen molar-refractivity contribution in [3.8, 4) is 11.8 Å². The fraction of sp³-hybridized carbons (Fsp3) is 0.700. The molecule has 0 fully saturated rings. The summed E-state index contributed by atoms with van der Waals surface area (Å²) in [5, 5.41) is 12.2. The Hall–Kier alpha value is -1.05. The number of hydrogen-bond acceptors (Lipinski definition) is 4. The lowest BCUT2D eigenvalue weighted by Crippen LogP contribution is -2.29. The predicted octanol–water partition coefficient (Wildman–Crippen LogP) is -0.0866. The summed E-state index contributed by atoms with van der Waals surface area (Å²) in [5.74, 6) is 5.14. The van der Waals surface area contributed by atoms with Crippen molar-refractivity contribution in [2.45, 2.75) is 26.4 Å². The third kappa shape index (κ3) is 7.59. The first-order valence-electron chi connectivity index (χ1n) is 4.64. The van der Waals surface area contributed by atoms with E-state index in [2.05, 4.69) is 21.9 Å². The molecule has 0 aliphatic carbocycles. The van der Waals surface area contributed by atoms with E-state index in [-0.39, 0.29) is 12.4 Å². The van der Waals surface area contributed by atoms with E-state index in [1.54, 1.807) is 13.8 Å². The van der Waals surface area contributed by atoms with Crippen LogP contribution in [0.25, 0.3) is 0 Å². The molecule has 4 nitrogen and oxygen atoms in total. The summed E-state index contributed by atoms with van der Waals surface area (Å²) in [5.41, 5.74) is 0. The molecule has 0 bridgehead atoms. The van der Waals surface area contributed by atoms with Crippen LogP contribution in [-0.2, 0) is 9.53 Å². The van der Waals surface area contributed by atoms with Crippen molar-refractivity contribution in [1.29, 1.82) is 0 Å². The molecule has 4 heteroatoms. The second kappa shape index (κ2) is 8.54. The predicted molar refractivity (Wildman–Crippen MR) is 53.6 cm³/mol. The van der Waals surface area contributed by atoms with Gasteiger partial charge in [0, 0.05) is 6.54 Å². The minimum Gasteiger partial charge on any atom is -0.466 e. The molecule has 1 unspecified atom stereocenters. The number of esters is 1. The minimum atomic E-state index is -0.701. The van der Waals surface area contributed by atoms with Crippen LogP contribution in [0.3, 0.4) is 0 Å². The molecule has 80 valence electrons. The van der Waals surface area contributed by atoms with E-state index in [0.717, 1.165) is 0 Å². The van der Waals surface area contributed by atoms with Gasteiger partial charge >= 0.3 is 5.97 Å². The molecule has 0 saturated carbocycles. The van der Waals surface area contributed by atoms with Crippen LogP contribution in [0.2, 0.25) is 0 Å². The Morgan fingerprint density at radius 3 is 2.93 bits per heavy atom. The summed E-state index contributed by atoms with van der Waals surface area (Å²) in [6, 6.07) is 0. The van der Waals surface area contributed by atoms with Crippen LogP contribution < -0.4 is 5.32 Å². The third-order valence-electron chi connectivity index (χ3n) is 1.48. The van der Waals surface area contributed by atoms with Crippen molar-refractivity contribution in [2.24, 2.45) is 0 Å². The fourth-order valence-electron chi connectivity index (χ4n) is 0.874. The van der Waals surface area contributed by atoms with Crippen LogP contribution in [-0.4, -0.2) is 36.9 Å². The fourth-order valence-corrected chi connectivity index (χ4v) is 0.874. The van der Waals surface area contributed by atoms with E-state index < -0.39 is 6.10 Å². The second-order valence-corrected chi connectivity index (χ2v) is 2.72. The summed E-state index contributed by atoms with van der Waals surface area (Å²) >= 11 is 0. The van der Waals surface area contributed by atoms with Crippen molar-refractivity contribution in [1.82, 2.24) is 5.32 Å². The summed E-state index contributed by atoms with van der Waals surface area (Å²) < 4.78 is 4.69. The van der Waals surface area contributed by atoms with E-state index in [1.807, 2.05) is 0 Å². The van der Waals surface area contributed by atoms with Gasteiger partial charge in [-0.1, -0.05) is 5.92 Å². The molecule has 0 rings (SSSR count). The van der Waals surface area contributed by atoms with Crippen molar-refractivity contribution in [3.63, 3.8) is 0 Å². The van der Waals surface area contributed by atoms with Crippen LogP contribution in [0.15, 0.2) is 0 Å². The summed E-state index contributed by atoms with van der Waals surface area (Å²) in [7, 11) is 0. The molecule has 0 aliphatic heterocycles. The first-order chi connectivity index (χ1) is 6.70. The van der Waals surface area contributed by atoms with Crippen molar-refractivity contribution in [2.75, 3.05) is 19.7 Å². The number of carbonyl (C=O) groups is 1. The highest BCUT2D eigenvalue weighted by Crippen LogP contribution is 1.93. The monoisotopic (exact) mass is 199 g/mol. The van der Waals surface area contributed by atoms with Gasteiger partial charge in [-0.25, -0.2) is 0 Å². The molecule has 0 radical (unpaired) electrons. The zero-order valence-corrected chi connectivity index (χ0v) is 8.67. The Kier molecular flexibility index (Phi) is 7.90. The number of hydrogen-bond donors (Lipinski definition) is 2. The van der Waals surface area contributed by atoms with Gasteiger partial charge in [0.25, 0.3) is 0 Å². The average Bonchev–Trinajstić information content (AvgIpc) is 2.13. The minimum absolute atomic E-state index is 0.0282. The van der Waals surface area contributed by atoms with Gasteiger partial charge in [-0.05, 0) is 13.8 Å². The van der Waals surface area contributed by atoms with E-state index in [1.165, 1.54) is 0 Å². The zero-order chi connectivity index (χ0) is 10.8. The first-order valence-corrected chi connectivity index (χ1v) is 4.64. The Labute approximate surface area is 84.6 Å². The van der Waals surface area contributed by atoms with Crippen LogP contribution in [0, 0.1) is 11.8 Å². The van der Waals surface area contributed by atoms with Crippen molar-refractivity contribution < 1.29 is 14.6 Å². The van der Waals surface area contributed by atoms with Crippen LogP contribution in [0.4, 0.5) is 0 Å². The van der Waals surface area contributed by atoms with E-state index >= 15 is 0 Å². The molecular formula is C10H17NO3. The average molecular weight is 199 g/mol. The van der Waals surface area contributed by atoms with E-state index in [4.69, 9.17) is 0 Å². The maximum atomic E-state index is 10.9. The number of carbonyl (C=O) groups excluding carboxylic acids is 1. The Morgan fingerprint density at radius 1 is 1.64 bits per heavy atom.